The first-order chi connectivity index (χ1) is 11.5. The molecule has 122 valence electrons. The molecule has 0 atom stereocenters. The third-order valence-electron chi connectivity index (χ3n) is 3.81. The lowest BCUT2D eigenvalue weighted by atomic mass is 10.1. The molecule has 0 aliphatic rings. The normalized spacial score (nSPS) is 10.7. The second-order valence-corrected chi connectivity index (χ2v) is 5.86. The van der Waals surface area contributed by atoms with Crippen molar-refractivity contribution < 1.29 is 13.6 Å². The monoisotopic (exact) mass is 343 g/mol. The minimum Gasteiger partial charge on any atom is -0.461 e. The van der Waals surface area contributed by atoms with Crippen molar-refractivity contribution in [2.24, 2.45) is 0 Å². The fourth-order valence-electron chi connectivity index (χ4n) is 2.40. The minimum absolute atomic E-state index is 0.282. The van der Waals surface area contributed by atoms with E-state index in [1.807, 2.05) is 6.92 Å². The van der Waals surface area contributed by atoms with E-state index in [1.54, 1.807) is 43.3 Å². The number of amides is 1. The van der Waals surface area contributed by atoms with E-state index < -0.39 is 0 Å². The number of carbonyl (C=O) groups is 1. The molecule has 0 aliphatic heterocycles. The first-order valence-electron chi connectivity index (χ1n) is 7.38. The van der Waals surface area contributed by atoms with Crippen molar-refractivity contribution in [1.29, 1.82) is 0 Å². The average molecular weight is 344 g/mol. The number of halogens is 2. The number of furan rings is 1. The van der Waals surface area contributed by atoms with Crippen molar-refractivity contribution in [2.45, 2.75) is 13.8 Å². The molecule has 1 aromatic heterocycles. The lowest BCUT2D eigenvalue weighted by Crippen LogP contribution is -2.13. The molecule has 3 nitrogen and oxygen atoms in total. The Morgan fingerprint density at radius 1 is 1.12 bits per heavy atom. The third kappa shape index (κ3) is 3.19. The molecule has 3 aromatic rings. The van der Waals surface area contributed by atoms with E-state index in [2.05, 4.69) is 5.32 Å². The summed E-state index contributed by atoms with van der Waals surface area (Å²) in [7, 11) is 0. The van der Waals surface area contributed by atoms with Gasteiger partial charge in [0, 0.05) is 16.3 Å². The molecule has 1 heterocycles. The van der Waals surface area contributed by atoms with Gasteiger partial charge in [-0.3, -0.25) is 4.79 Å². The molecule has 0 saturated heterocycles. The number of benzene rings is 2. The van der Waals surface area contributed by atoms with Crippen LogP contribution in [0.3, 0.4) is 0 Å². The van der Waals surface area contributed by atoms with Crippen molar-refractivity contribution in [1.82, 2.24) is 0 Å². The summed E-state index contributed by atoms with van der Waals surface area (Å²) in [5.41, 5.74) is 2.58. The number of nitrogens with one attached hydrogen (secondary N) is 1. The molecular formula is C19H15ClFNO2. The SMILES string of the molecule is Cc1oc(-c2ccc(F)cc2)cc1C(=O)Nc1cccc(Cl)c1C. The van der Waals surface area contributed by atoms with Crippen LogP contribution in [0, 0.1) is 19.7 Å². The van der Waals surface area contributed by atoms with Crippen molar-refractivity contribution in [3.63, 3.8) is 0 Å². The molecular weight excluding hydrogens is 329 g/mol. The Morgan fingerprint density at radius 2 is 1.83 bits per heavy atom. The third-order valence-corrected chi connectivity index (χ3v) is 4.22. The van der Waals surface area contributed by atoms with Crippen LogP contribution >= 0.6 is 11.6 Å². The van der Waals surface area contributed by atoms with Gasteiger partial charge >= 0.3 is 0 Å². The first kappa shape index (κ1) is 16.3. The van der Waals surface area contributed by atoms with Gasteiger partial charge in [-0.05, 0) is 61.9 Å². The molecule has 0 aliphatic carbocycles. The number of hydrogen-bond acceptors (Lipinski definition) is 2. The van der Waals surface area contributed by atoms with Crippen LogP contribution in [0.5, 0.6) is 0 Å². The van der Waals surface area contributed by atoms with Gasteiger partial charge in [0.1, 0.15) is 17.3 Å². The molecule has 0 radical (unpaired) electrons. The van der Waals surface area contributed by atoms with Gasteiger partial charge in [-0.2, -0.15) is 0 Å². The van der Waals surface area contributed by atoms with Gasteiger partial charge in [0.15, 0.2) is 0 Å². The summed E-state index contributed by atoms with van der Waals surface area (Å²) < 4.78 is 18.7. The number of anilines is 1. The average Bonchev–Trinajstić information content (AvgIpc) is 2.94. The Labute approximate surface area is 144 Å². The van der Waals surface area contributed by atoms with Gasteiger partial charge < -0.3 is 9.73 Å². The number of rotatable bonds is 3. The van der Waals surface area contributed by atoms with Gasteiger partial charge in [0.05, 0.1) is 5.56 Å². The molecule has 0 saturated carbocycles. The minimum atomic E-state index is -0.323. The van der Waals surface area contributed by atoms with E-state index >= 15 is 0 Å². The van der Waals surface area contributed by atoms with Crippen molar-refractivity contribution >= 4 is 23.2 Å². The molecule has 1 N–H and O–H groups in total. The Hall–Kier alpha value is -2.59. The zero-order chi connectivity index (χ0) is 17.3. The largest absolute Gasteiger partial charge is 0.461 e. The molecule has 2 aromatic carbocycles. The highest BCUT2D eigenvalue weighted by molar-refractivity contribution is 6.31. The van der Waals surface area contributed by atoms with Crippen LogP contribution in [0.1, 0.15) is 21.7 Å². The molecule has 0 fully saturated rings. The number of carbonyl (C=O) groups excluding carboxylic acids is 1. The van der Waals surface area contributed by atoms with Crippen molar-refractivity contribution in [2.75, 3.05) is 5.32 Å². The maximum Gasteiger partial charge on any atom is 0.259 e. The molecule has 0 bridgehead atoms. The van der Waals surface area contributed by atoms with E-state index in [0.717, 1.165) is 5.56 Å². The summed E-state index contributed by atoms with van der Waals surface area (Å²) in [6, 6.07) is 12.9. The Morgan fingerprint density at radius 3 is 2.54 bits per heavy atom. The van der Waals surface area contributed by atoms with Crippen LogP contribution in [-0.4, -0.2) is 5.91 Å². The van der Waals surface area contributed by atoms with Gasteiger partial charge in [0.2, 0.25) is 0 Å². The zero-order valence-electron chi connectivity index (χ0n) is 13.2. The summed E-state index contributed by atoms with van der Waals surface area (Å²) in [5.74, 6) is 0.401. The molecule has 0 unspecified atom stereocenters. The van der Waals surface area contributed by atoms with E-state index in [0.29, 0.717) is 33.4 Å². The first-order valence-corrected chi connectivity index (χ1v) is 7.76. The van der Waals surface area contributed by atoms with Crippen LogP contribution in [0.2, 0.25) is 5.02 Å². The summed E-state index contributed by atoms with van der Waals surface area (Å²) in [5, 5.41) is 3.43. The standard InChI is InChI=1S/C19H15ClFNO2/c1-11-16(20)4-3-5-17(11)22-19(23)15-10-18(24-12(15)2)13-6-8-14(21)9-7-13/h3-10H,1-2H3,(H,22,23). The zero-order valence-corrected chi connectivity index (χ0v) is 13.9. The Bertz CT molecular complexity index is 900. The maximum absolute atomic E-state index is 13.0. The van der Waals surface area contributed by atoms with Crippen LogP contribution in [-0.2, 0) is 0 Å². The second-order valence-electron chi connectivity index (χ2n) is 5.45. The molecule has 5 heteroatoms. The Kier molecular flexibility index (Phi) is 4.40. The molecule has 24 heavy (non-hydrogen) atoms. The van der Waals surface area contributed by atoms with Gasteiger partial charge in [-0.1, -0.05) is 17.7 Å². The number of hydrogen-bond donors (Lipinski definition) is 1. The fraction of sp³-hybridized carbons (Fsp3) is 0.105. The van der Waals surface area contributed by atoms with Crippen molar-refractivity contribution in [3.8, 4) is 11.3 Å². The van der Waals surface area contributed by atoms with E-state index in [-0.39, 0.29) is 11.7 Å². The molecule has 3 rings (SSSR count). The quantitative estimate of drug-likeness (QED) is 0.671. The molecule has 0 spiro atoms. The van der Waals surface area contributed by atoms with E-state index in [4.69, 9.17) is 16.0 Å². The second kappa shape index (κ2) is 6.49. The maximum atomic E-state index is 13.0. The topological polar surface area (TPSA) is 42.2 Å². The summed E-state index contributed by atoms with van der Waals surface area (Å²) in [4.78, 5) is 12.5. The van der Waals surface area contributed by atoms with Crippen LogP contribution in [0.15, 0.2) is 52.9 Å². The van der Waals surface area contributed by atoms with Crippen LogP contribution in [0.25, 0.3) is 11.3 Å². The lowest BCUT2D eigenvalue weighted by molar-refractivity contribution is 0.102. The molecule has 1 amide bonds. The van der Waals surface area contributed by atoms with E-state index in [1.165, 1.54) is 12.1 Å². The highest BCUT2D eigenvalue weighted by atomic mass is 35.5. The van der Waals surface area contributed by atoms with Crippen LogP contribution in [0.4, 0.5) is 10.1 Å². The fourth-order valence-corrected chi connectivity index (χ4v) is 2.57. The Balaban J connectivity index is 1.88. The van der Waals surface area contributed by atoms with Gasteiger partial charge in [0.25, 0.3) is 5.91 Å². The summed E-state index contributed by atoms with van der Waals surface area (Å²) >= 11 is 6.07. The predicted molar refractivity (Wildman–Crippen MR) is 93.0 cm³/mol. The summed E-state index contributed by atoms with van der Waals surface area (Å²) in [6.07, 6.45) is 0. The van der Waals surface area contributed by atoms with Gasteiger partial charge in [-0.15, -0.1) is 0 Å². The van der Waals surface area contributed by atoms with E-state index in [9.17, 15) is 9.18 Å². The van der Waals surface area contributed by atoms with Crippen LogP contribution < -0.4 is 5.32 Å². The highest BCUT2D eigenvalue weighted by Crippen LogP contribution is 2.28. The van der Waals surface area contributed by atoms with Gasteiger partial charge in [-0.25, -0.2) is 4.39 Å². The van der Waals surface area contributed by atoms with Crippen molar-refractivity contribution in [3.05, 3.63) is 76.3 Å². The number of aryl methyl sites for hydroxylation is 1. The predicted octanol–water partition coefficient (Wildman–Crippen LogP) is 5.61. The summed E-state index contributed by atoms with van der Waals surface area (Å²) in [6.45, 7) is 3.55. The lowest BCUT2D eigenvalue weighted by Gasteiger charge is -2.08. The smallest absolute Gasteiger partial charge is 0.259 e. The highest BCUT2D eigenvalue weighted by Gasteiger charge is 2.17.